The number of para-hydroxylation sites is 6. The molecule has 9 nitrogen and oxygen atoms in total. The molecule has 0 aliphatic rings. The SMILES string of the molecule is N#Cc1c(C#N)c(-n2c3ccccc3c3ccc4oc5ccccc5c4c32)c(-n2c3ccccc3c3ccc4oc5ccccc5c4c32)c(-c2ccncc2)c1-n1c2ccccc2c2ccc3oc4ccccc4c3c21. The monoisotopic (exact) mass is 970 g/mol. The zero-order valence-electron chi connectivity index (χ0n) is 40.0. The number of benzene rings is 10. The fourth-order valence-corrected chi connectivity index (χ4v) is 12.9. The minimum atomic E-state index is 0.197. The molecule has 76 heavy (non-hydrogen) atoms. The van der Waals surface area contributed by atoms with Crippen molar-refractivity contribution in [3.05, 3.63) is 218 Å². The predicted molar refractivity (Wildman–Crippen MR) is 304 cm³/mol. The van der Waals surface area contributed by atoms with E-state index in [-0.39, 0.29) is 11.1 Å². The van der Waals surface area contributed by atoms with Crippen molar-refractivity contribution >= 4 is 131 Å². The van der Waals surface area contributed by atoms with Crippen LogP contribution in [-0.4, -0.2) is 18.7 Å². The van der Waals surface area contributed by atoms with E-state index in [1.165, 1.54) is 0 Å². The van der Waals surface area contributed by atoms with Crippen LogP contribution >= 0.6 is 0 Å². The van der Waals surface area contributed by atoms with E-state index in [1.54, 1.807) is 12.4 Å². The van der Waals surface area contributed by atoms with Gasteiger partial charge in [0.2, 0.25) is 0 Å². The molecule has 0 amide bonds. The Balaban J connectivity index is 1.22. The summed E-state index contributed by atoms with van der Waals surface area (Å²) in [7, 11) is 0. The van der Waals surface area contributed by atoms with Crippen LogP contribution in [-0.2, 0) is 0 Å². The predicted octanol–water partition coefficient (Wildman–Crippen LogP) is 17.5. The van der Waals surface area contributed by atoms with Gasteiger partial charge in [-0.3, -0.25) is 4.98 Å². The third-order valence-corrected chi connectivity index (χ3v) is 15.8. The van der Waals surface area contributed by atoms with Gasteiger partial charge in [0.1, 0.15) is 45.6 Å². The lowest BCUT2D eigenvalue weighted by Crippen LogP contribution is -2.14. The molecule has 0 saturated heterocycles. The zero-order valence-corrected chi connectivity index (χ0v) is 40.0. The largest absolute Gasteiger partial charge is 0.456 e. The van der Waals surface area contributed by atoms with Gasteiger partial charge in [-0.25, -0.2) is 0 Å². The van der Waals surface area contributed by atoms with Crippen molar-refractivity contribution in [2.24, 2.45) is 0 Å². The Hall–Kier alpha value is -10.9. The summed E-state index contributed by atoms with van der Waals surface area (Å²) < 4.78 is 26.9. The first-order valence-corrected chi connectivity index (χ1v) is 25.1. The van der Waals surface area contributed by atoms with Crippen LogP contribution in [0.4, 0.5) is 0 Å². The normalized spacial score (nSPS) is 12.2. The maximum Gasteiger partial charge on any atom is 0.137 e. The van der Waals surface area contributed by atoms with Gasteiger partial charge in [-0.15, -0.1) is 0 Å². The molecule has 0 radical (unpaired) electrons. The summed E-state index contributed by atoms with van der Waals surface area (Å²) in [5.41, 5.74) is 13.2. The van der Waals surface area contributed by atoms with Crippen LogP contribution in [0.2, 0.25) is 0 Å². The Bertz CT molecular complexity index is 5510. The minimum absolute atomic E-state index is 0.197. The van der Waals surface area contributed by atoms with Crippen LogP contribution < -0.4 is 0 Å². The van der Waals surface area contributed by atoms with Gasteiger partial charge in [-0.1, -0.05) is 109 Å². The van der Waals surface area contributed by atoms with Gasteiger partial charge in [0.25, 0.3) is 0 Å². The summed E-state index contributed by atoms with van der Waals surface area (Å²) in [5.74, 6) is 0. The van der Waals surface area contributed by atoms with Crippen molar-refractivity contribution in [2.75, 3.05) is 0 Å². The number of hydrogen-bond acceptors (Lipinski definition) is 6. The highest BCUT2D eigenvalue weighted by molar-refractivity contribution is 6.28. The van der Waals surface area contributed by atoms with Gasteiger partial charge in [-0.2, -0.15) is 10.5 Å². The number of fused-ring (bicyclic) bond motifs is 21. The molecule has 17 rings (SSSR count). The first kappa shape index (κ1) is 40.7. The summed E-state index contributed by atoms with van der Waals surface area (Å²) in [6.45, 7) is 0. The molecule has 0 aliphatic heterocycles. The van der Waals surface area contributed by atoms with Gasteiger partial charge in [0, 0.05) is 66.4 Å². The van der Waals surface area contributed by atoms with Crippen LogP contribution in [0.3, 0.4) is 0 Å². The van der Waals surface area contributed by atoms with Gasteiger partial charge in [0.05, 0.1) is 77.4 Å². The van der Waals surface area contributed by atoms with Crippen LogP contribution in [0.25, 0.3) is 159 Å². The maximum atomic E-state index is 12.4. The number of pyridine rings is 1. The van der Waals surface area contributed by atoms with Gasteiger partial charge in [-0.05, 0) is 90.5 Å². The third-order valence-electron chi connectivity index (χ3n) is 15.8. The Kier molecular flexibility index (Phi) is 7.96. The van der Waals surface area contributed by atoms with Crippen molar-refractivity contribution in [1.29, 1.82) is 10.5 Å². The zero-order chi connectivity index (χ0) is 49.9. The second-order valence-corrected chi connectivity index (χ2v) is 19.5. The molecule has 0 N–H and O–H groups in total. The van der Waals surface area contributed by atoms with Crippen molar-refractivity contribution in [3.63, 3.8) is 0 Å². The van der Waals surface area contributed by atoms with Crippen LogP contribution in [0.15, 0.2) is 220 Å². The maximum absolute atomic E-state index is 12.4. The van der Waals surface area contributed by atoms with Gasteiger partial charge >= 0.3 is 0 Å². The number of nitriles is 2. The number of aromatic nitrogens is 4. The summed E-state index contributed by atoms with van der Waals surface area (Å²) in [5, 5.41) is 36.2. The van der Waals surface area contributed by atoms with Crippen LogP contribution in [0.1, 0.15) is 11.1 Å². The van der Waals surface area contributed by atoms with Gasteiger partial charge < -0.3 is 27.0 Å². The molecule has 0 bridgehead atoms. The summed E-state index contributed by atoms with van der Waals surface area (Å²) in [6, 6.07) is 71.6. The Morgan fingerprint density at radius 1 is 0.316 bits per heavy atom. The molecule has 10 aromatic carbocycles. The third kappa shape index (κ3) is 5.12. The molecule has 9 heteroatoms. The molecule has 7 aromatic heterocycles. The van der Waals surface area contributed by atoms with Crippen molar-refractivity contribution < 1.29 is 13.3 Å². The smallest absolute Gasteiger partial charge is 0.137 e. The first-order chi connectivity index (χ1) is 37.7. The van der Waals surface area contributed by atoms with E-state index >= 15 is 0 Å². The number of rotatable bonds is 4. The van der Waals surface area contributed by atoms with Crippen molar-refractivity contribution in [1.82, 2.24) is 18.7 Å². The van der Waals surface area contributed by atoms with E-state index in [4.69, 9.17) is 13.3 Å². The lowest BCUT2D eigenvalue weighted by molar-refractivity contribution is 0.668. The summed E-state index contributed by atoms with van der Waals surface area (Å²) in [4.78, 5) is 4.61. The summed E-state index contributed by atoms with van der Waals surface area (Å²) >= 11 is 0. The molecule has 0 aliphatic carbocycles. The Morgan fingerprint density at radius 2 is 0.658 bits per heavy atom. The standard InChI is InChI=1S/C67H34N6O3/c68-35-47-48(36-69)66(72-50-20-8-2-14-39(50)42-26-29-56-60(63(42)72)45-17-5-11-23-53(45)75-56)67(73-51-21-9-3-15-40(51)43-27-30-57-61(64(43)73)46-18-6-12-24-54(46)76-57)58(37-31-33-70-34-32-37)65(47)71-49-19-7-1-13-38(49)41-25-28-55-59(62(41)71)44-16-4-10-22-52(44)74-55/h1-34H. The van der Waals surface area contributed by atoms with E-state index in [0.29, 0.717) is 33.8 Å². The van der Waals surface area contributed by atoms with Crippen LogP contribution in [0, 0.1) is 22.7 Å². The second-order valence-electron chi connectivity index (χ2n) is 19.5. The molecule has 0 unspecified atom stereocenters. The van der Waals surface area contributed by atoms with E-state index in [9.17, 15) is 10.5 Å². The molecule has 0 atom stereocenters. The quantitative estimate of drug-likeness (QED) is 0.173. The van der Waals surface area contributed by atoms with Crippen molar-refractivity contribution in [3.8, 4) is 40.3 Å². The molecule has 0 spiro atoms. The van der Waals surface area contributed by atoms with E-state index in [0.717, 1.165) is 126 Å². The molecule has 0 saturated carbocycles. The highest BCUT2D eigenvalue weighted by Gasteiger charge is 2.35. The Labute approximate surface area is 429 Å². The molecule has 17 aromatic rings. The highest BCUT2D eigenvalue weighted by Crippen LogP contribution is 2.52. The number of furan rings is 3. The highest BCUT2D eigenvalue weighted by atomic mass is 16.3. The molecular formula is C67H34N6O3. The fourth-order valence-electron chi connectivity index (χ4n) is 12.9. The topological polar surface area (TPSA) is 115 Å². The van der Waals surface area contributed by atoms with Gasteiger partial charge in [0.15, 0.2) is 0 Å². The molecule has 7 heterocycles. The average molecular weight is 971 g/mol. The van der Waals surface area contributed by atoms with Crippen LogP contribution in [0.5, 0.6) is 0 Å². The second kappa shape index (κ2) is 14.9. The molecule has 0 fully saturated rings. The number of hydrogen-bond donors (Lipinski definition) is 0. The van der Waals surface area contributed by atoms with E-state index in [2.05, 4.69) is 134 Å². The summed E-state index contributed by atoms with van der Waals surface area (Å²) in [6.07, 6.45) is 3.60. The lowest BCUT2D eigenvalue weighted by Gasteiger charge is -2.27. The first-order valence-electron chi connectivity index (χ1n) is 25.1. The fraction of sp³-hybridized carbons (Fsp3) is 0. The number of nitrogens with zero attached hydrogens (tertiary/aromatic N) is 6. The Morgan fingerprint density at radius 3 is 1.07 bits per heavy atom. The lowest BCUT2D eigenvalue weighted by atomic mass is 9.91. The van der Waals surface area contributed by atoms with E-state index in [1.807, 2.05) is 91.0 Å². The van der Waals surface area contributed by atoms with Crippen molar-refractivity contribution in [2.45, 2.75) is 0 Å². The minimum Gasteiger partial charge on any atom is -0.456 e. The molecular weight excluding hydrogens is 937 g/mol. The average Bonchev–Trinajstić information content (AvgIpc) is 4.41. The van der Waals surface area contributed by atoms with E-state index < -0.39 is 0 Å². The molecule has 350 valence electrons.